The fourth-order valence-electron chi connectivity index (χ4n) is 3.09. The summed E-state index contributed by atoms with van der Waals surface area (Å²) in [4.78, 5) is 18.1. The molecule has 2 aromatic carbocycles. The molecule has 0 aliphatic carbocycles. The number of benzene rings is 2. The van der Waals surface area contributed by atoms with E-state index >= 15 is 0 Å². The molecule has 2 aromatic heterocycles. The summed E-state index contributed by atoms with van der Waals surface area (Å²) in [6.45, 7) is 2.00. The lowest BCUT2D eigenvalue weighted by molar-refractivity contribution is 0.757. The maximum atomic E-state index is 13.4. The molecule has 4 aromatic rings. The summed E-state index contributed by atoms with van der Waals surface area (Å²) in [5, 5.41) is 4.66. The second kappa shape index (κ2) is 6.93. The van der Waals surface area contributed by atoms with E-state index in [9.17, 15) is 4.79 Å². The summed E-state index contributed by atoms with van der Waals surface area (Å²) in [6.07, 6.45) is 2.36. The van der Waals surface area contributed by atoms with E-state index < -0.39 is 0 Å². The molecule has 4 rings (SSSR count). The quantitative estimate of drug-likeness (QED) is 0.520. The minimum Gasteiger partial charge on any atom is -0.268 e. The molecule has 0 amide bonds. The van der Waals surface area contributed by atoms with Crippen LogP contribution >= 0.6 is 0 Å². The van der Waals surface area contributed by atoms with Crippen LogP contribution < -0.4 is 5.56 Å². The van der Waals surface area contributed by atoms with Crippen LogP contribution in [-0.4, -0.2) is 19.3 Å². The smallest absolute Gasteiger partial charge is 0.267 e. The third-order valence-corrected chi connectivity index (χ3v) is 4.44. The van der Waals surface area contributed by atoms with Gasteiger partial charge in [0.15, 0.2) is 0 Å². The van der Waals surface area contributed by atoms with Crippen molar-refractivity contribution in [3.8, 4) is 17.5 Å². The lowest BCUT2D eigenvalue weighted by atomic mass is 10.1. The Labute approximate surface area is 156 Å². The third kappa shape index (κ3) is 3.02. The average molecular weight is 354 g/mol. The summed E-state index contributed by atoms with van der Waals surface area (Å²) in [5.74, 6) is 6.95. The second-order valence-corrected chi connectivity index (χ2v) is 6.15. The van der Waals surface area contributed by atoms with E-state index in [1.165, 1.54) is 0 Å². The molecule has 0 unspecified atom stereocenters. The van der Waals surface area contributed by atoms with Crippen LogP contribution in [0.3, 0.4) is 0 Å². The predicted octanol–water partition coefficient (Wildman–Crippen LogP) is 3.08. The van der Waals surface area contributed by atoms with E-state index in [1.54, 1.807) is 15.4 Å². The van der Waals surface area contributed by atoms with Gasteiger partial charge in [-0.25, -0.2) is 4.98 Å². The molecule has 0 aliphatic heterocycles. The van der Waals surface area contributed by atoms with Gasteiger partial charge in [-0.2, -0.15) is 5.10 Å². The van der Waals surface area contributed by atoms with Crippen LogP contribution in [-0.2, 0) is 13.5 Å². The van der Waals surface area contributed by atoms with Crippen LogP contribution in [0.5, 0.6) is 0 Å². The summed E-state index contributed by atoms with van der Waals surface area (Å²) in [5.41, 5.74) is 2.83. The Balaban J connectivity index is 1.99. The first kappa shape index (κ1) is 16.8. The monoisotopic (exact) mass is 354 g/mol. The van der Waals surface area contributed by atoms with Crippen LogP contribution in [0.4, 0.5) is 0 Å². The van der Waals surface area contributed by atoms with E-state index in [2.05, 4.69) is 16.9 Å². The van der Waals surface area contributed by atoms with E-state index in [4.69, 9.17) is 4.98 Å². The zero-order valence-electron chi connectivity index (χ0n) is 15.2. The van der Waals surface area contributed by atoms with Crippen LogP contribution in [0.2, 0.25) is 0 Å². The van der Waals surface area contributed by atoms with Crippen molar-refractivity contribution in [2.75, 3.05) is 0 Å². The average Bonchev–Trinajstić information content (AvgIpc) is 3.11. The molecule has 5 nitrogen and oxygen atoms in total. The molecular formula is C22H18N4O. The standard InChI is InChI=1S/C22H18N4O/c1-3-20-24-19-11-7-8-16(12-13-17-14-15-23-25(17)2)21(19)22(27)26(20)18-9-5-4-6-10-18/h4-11,14-15H,3H2,1-2H3. The first-order valence-corrected chi connectivity index (χ1v) is 8.79. The molecular weight excluding hydrogens is 336 g/mol. The number of nitrogens with zero attached hydrogens (tertiary/aromatic N) is 4. The Kier molecular flexibility index (Phi) is 4.31. The minimum absolute atomic E-state index is 0.0991. The lowest BCUT2D eigenvalue weighted by Crippen LogP contribution is -2.24. The molecule has 2 heterocycles. The number of hydrogen-bond donors (Lipinski definition) is 0. The van der Waals surface area contributed by atoms with Crippen molar-refractivity contribution in [3.05, 3.63) is 88.2 Å². The highest BCUT2D eigenvalue weighted by atomic mass is 16.1. The van der Waals surface area contributed by atoms with Gasteiger partial charge in [0.2, 0.25) is 0 Å². The van der Waals surface area contributed by atoms with Gasteiger partial charge >= 0.3 is 0 Å². The number of aryl methyl sites for hydroxylation is 2. The van der Waals surface area contributed by atoms with Crippen molar-refractivity contribution in [3.63, 3.8) is 0 Å². The molecule has 0 aliphatic rings. The molecule has 0 saturated heterocycles. The summed E-state index contributed by atoms with van der Waals surface area (Å²) >= 11 is 0. The normalized spacial score (nSPS) is 10.6. The molecule has 0 fully saturated rings. The van der Waals surface area contributed by atoms with Crippen molar-refractivity contribution in [2.45, 2.75) is 13.3 Å². The van der Waals surface area contributed by atoms with Gasteiger partial charge in [0, 0.05) is 19.0 Å². The van der Waals surface area contributed by atoms with Gasteiger partial charge in [-0.05, 0) is 36.3 Å². The van der Waals surface area contributed by atoms with Crippen molar-refractivity contribution >= 4 is 10.9 Å². The highest BCUT2D eigenvalue weighted by Gasteiger charge is 2.13. The van der Waals surface area contributed by atoms with Crippen LogP contribution in [0.25, 0.3) is 16.6 Å². The zero-order valence-corrected chi connectivity index (χ0v) is 15.2. The van der Waals surface area contributed by atoms with E-state index in [-0.39, 0.29) is 5.56 Å². The second-order valence-electron chi connectivity index (χ2n) is 6.15. The molecule has 0 radical (unpaired) electrons. The summed E-state index contributed by atoms with van der Waals surface area (Å²) in [7, 11) is 1.84. The maximum absolute atomic E-state index is 13.4. The van der Waals surface area contributed by atoms with Crippen molar-refractivity contribution in [2.24, 2.45) is 7.05 Å². The molecule has 0 N–H and O–H groups in total. The summed E-state index contributed by atoms with van der Waals surface area (Å²) in [6, 6.07) is 17.0. The first-order valence-electron chi connectivity index (χ1n) is 8.79. The lowest BCUT2D eigenvalue weighted by Gasteiger charge is -2.13. The summed E-state index contributed by atoms with van der Waals surface area (Å²) < 4.78 is 3.38. The Bertz CT molecular complexity index is 1240. The largest absolute Gasteiger partial charge is 0.268 e. The van der Waals surface area contributed by atoms with Gasteiger partial charge < -0.3 is 0 Å². The SMILES string of the molecule is CCc1nc2cccc(C#Cc3ccnn3C)c2c(=O)n1-c1ccccc1. The van der Waals surface area contributed by atoms with Crippen LogP contribution in [0, 0.1) is 11.8 Å². The Morgan fingerprint density at radius 1 is 1.00 bits per heavy atom. The van der Waals surface area contributed by atoms with Gasteiger partial charge in [0.1, 0.15) is 11.5 Å². The maximum Gasteiger partial charge on any atom is 0.267 e. The number of rotatable bonds is 2. The van der Waals surface area contributed by atoms with Crippen molar-refractivity contribution < 1.29 is 0 Å². The van der Waals surface area contributed by atoms with Crippen LogP contribution in [0.15, 0.2) is 65.6 Å². The predicted molar refractivity (Wildman–Crippen MR) is 106 cm³/mol. The highest BCUT2D eigenvalue weighted by Crippen LogP contribution is 2.16. The van der Waals surface area contributed by atoms with E-state index in [1.807, 2.05) is 68.6 Å². The molecule has 0 bridgehead atoms. The van der Waals surface area contributed by atoms with E-state index in [0.717, 1.165) is 17.2 Å². The third-order valence-electron chi connectivity index (χ3n) is 4.44. The minimum atomic E-state index is -0.0991. The molecule has 5 heteroatoms. The van der Waals surface area contributed by atoms with Crippen molar-refractivity contribution in [1.82, 2.24) is 19.3 Å². The first-order chi connectivity index (χ1) is 13.2. The van der Waals surface area contributed by atoms with Gasteiger partial charge in [-0.15, -0.1) is 0 Å². The number of hydrogen-bond acceptors (Lipinski definition) is 3. The fourth-order valence-corrected chi connectivity index (χ4v) is 3.09. The van der Waals surface area contributed by atoms with Gasteiger partial charge in [0.25, 0.3) is 5.56 Å². The van der Waals surface area contributed by atoms with Crippen LogP contribution in [0.1, 0.15) is 24.0 Å². The molecule has 0 atom stereocenters. The van der Waals surface area contributed by atoms with Gasteiger partial charge in [-0.1, -0.05) is 37.1 Å². The van der Waals surface area contributed by atoms with Gasteiger partial charge in [-0.3, -0.25) is 14.0 Å². The molecule has 132 valence electrons. The Morgan fingerprint density at radius 3 is 2.52 bits per heavy atom. The molecule has 0 saturated carbocycles. The van der Waals surface area contributed by atoms with Crippen molar-refractivity contribution in [1.29, 1.82) is 0 Å². The number of aromatic nitrogens is 4. The topological polar surface area (TPSA) is 52.7 Å². The highest BCUT2D eigenvalue weighted by molar-refractivity contribution is 5.84. The molecule has 0 spiro atoms. The number of fused-ring (bicyclic) bond motifs is 1. The van der Waals surface area contributed by atoms with Gasteiger partial charge in [0.05, 0.1) is 22.8 Å². The Morgan fingerprint density at radius 2 is 1.81 bits per heavy atom. The molecule has 27 heavy (non-hydrogen) atoms. The fraction of sp³-hybridized carbons (Fsp3) is 0.136. The number of para-hydroxylation sites is 1. The Hall–Kier alpha value is -3.65. The van der Waals surface area contributed by atoms with E-state index in [0.29, 0.717) is 22.9 Å². The zero-order chi connectivity index (χ0) is 18.8.